The summed E-state index contributed by atoms with van der Waals surface area (Å²) in [5.41, 5.74) is 9.31. The fourth-order valence-electron chi connectivity index (χ4n) is 6.16. The molecule has 1 aliphatic carbocycles. The van der Waals surface area contributed by atoms with E-state index in [2.05, 4.69) is 88.8 Å². The van der Waals surface area contributed by atoms with Gasteiger partial charge in [0.1, 0.15) is 12.8 Å². The van der Waals surface area contributed by atoms with Crippen molar-refractivity contribution in [3.05, 3.63) is 88.6 Å². The van der Waals surface area contributed by atoms with Gasteiger partial charge in [0.25, 0.3) is 11.6 Å². The molecule has 2 heterocycles. The van der Waals surface area contributed by atoms with Crippen molar-refractivity contribution in [1.82, 2.24) is 0 Å². The molecular weight excluding hydrogens is 476 g/mol. The van der Waals surface area contributed by atoms with Crippen LogP contribution in [0.4, 0.5) is 8.78 Å². The topological polar surface area (TPSA) is 17.0 Å². The first-order chi connectivity index (χ1) is 17.9. The third-order valence-corrected chi connectivity index (χ3v) is 8.28. The van der Waals surface area contributed by atoms with Gasteiger partial charge in [0.15, 0.2) is 6.20 Å². The number of rotatable bonds is 2. The van der Waals surface area contributed by atoms with E-state index in [-0.39, 0.29) is 18.3 Å². The van der Waals surface area contributed by atoms with Gasteiger partial charge in [-0.3, -0.25) is 0 Å². The molecule has 0 saturated heterocycles. The smallest absolute Gasteiger partial charge is 0.256 e. The first-order valence-electron chi connectivity index (χ1n) is 13.4. The zero-order valence-corrected chi connectivity index (χ0v) is 23.0. The molecular formula is C34H34F2NO+. The minimum atomic E-state index is -2.61. The molecule has 0 radical (unpaired) electrons. The average molecular weight is 511 g/mol. The van der Waals surface area contributed by atoms with E-state index in [0.29, 0.717) is 6.42 Å². The van der Waals surface area contributed by atoms with Crippen LogP contribution in [0.5, 0.6) is 0 Å². The van der Waals surface area contributed by atoms with E-state index in [0.717, 1.165) is 50.2 Å². The Balaban J connectivity index is 1.58. The van der Waals surface area contributed by atoms with Crippen molar-refractivity contribution in [2.75, 3.05) is 0 Å². The van der Waals surface area contributed by atoms with Crippen LogP contribution in [0.2, 0.25) is 0 Å². The third-order valence-electron chi connectivity index (χ3n) is 8.28. The Morgan fingerprint density at radius 3 is 2.34 bits per heavy atom. The first-order valence-corrected chi connectivity index (χ1v) is 13.4. The first kappa shape index (κ1) is 24.8. The van der Waals surface area contributed by atoms with Crippen molar-refractivity contribution in [2.24, 2.45) is 7.05 Å². The number of aromatic nitrogens is 1. The lowest BCUT2D eigenvalue weighted by Gasteiger charge is -2.24. The number of furan rings is 1. The number of benzene rings is 3. The number of aryl methyl sites for hydroxylation is 4. The summed E-state index contributed by atoms with van der Waals surface area (Å²) in [6, 6.07) is 18.9. The minimum absolute atomic E-state index is 0.0291. The summed E-state index contributed by atoms with van der Waals surface area (Å²) in [5, 5.41) is 3.61. The summed E-state index contributed by atoms with van der Waals surface area (Å²) >= 11 is 0. The van der Waals surface area contributed by atoms with Crippen LogP contribution in [0.1, 0.15) is 55.0 Å². The Morgan fingerprint density at radius 2 is 1.61 bits per heavy atom. The van der Waals surface area contributed by atoms with Gasteiger partial charge in [0.2, 0.25) is 5.58 Å². The molecule has 38 heavy (non-hydrogen) atoms. The van der Waals surface area contributed by atoms with Gasteiger partial charge in [-0.1, -0.05) is 57.2 Å². The quantitative estimate of drug-likeness (QED) is 0.217. The Hall–Kier alpha value is -3.53. The van der Waals surface area contributed by atoms with Crippen LogP contribution in [-0.4, -0.2) is 5.92 Å². The van der Waals surface area contributed by atoms with E-state index in [4.69, 9.17) is 4.42 Å². The zero-order chi connectivity index (χ0) is 27.0. The van der Waals surface area contributed by atoms with E-state index < -0.39 is 5.92 Å². The van der Waals surface area contributed by atoms with Crippen molar-refractivity contribution in [3.8, 4) is 22.6 Å². The molecule has 0 bridgehead atoms. The van der Waals surface area contributed by atoms with Crippen molar-refractivity contribution in [2.45, 2.75) is 65.2 Å². The average Bonchev–Trinajstić information content (AvgIpc) is 3.19. The van der Waals surface area contributed by atoms with Gasteiger partial charge in [0, 0.05) is 35.4 Å². The van der Waals surface area contributed by atoms with E-state index in [1.54, 1.807) is 0 Å². The van der Waals surface area contributed by atoms with Crippen LogP contribution < -0.4 is 4.57 Å². The monoisotopic (exact) mass is 510 g/mol. The highest BCUT2D eigenvalue weighted by molar-refractivity contribution is 6.00. The summed E-state index contributed by atoms with van der Waals surface area (Å²) in [5.74, 6) is -1.81. The Morgan fingerprint density at radius 1 is 0.868 bits per heavy atom. The standard InChI is InChI=1S/C34H34F2NO/c1-20-25-9-7-8-10-27(25)29(33(3,4)5)18-28(20)30-32-26(14-16-37(30)6)21(2)31(38-32)23-11-12-24-19-34(35,36)15-13-22(24)17-23/h7-12,14,16-18H,13,15,19H2,1-6H3/q+1. The molecule has 6 rings (SSSR count). The maximum Gasteiger partial charge on any atom is 0.256 e. The fraction of sp³-hybridized carbons (Fsp3) is 0.324. The van der Waals surface area contributed by atoms with E-state index in [9.17, 15) is 8.78 Å². The van der Waals surface area contributed by atoms with Crippen molar-refractivity contribution in [3.63, 3.8) is 0 Å². The fourth-order valence-corrected chi connectivity index (χ4v) is 6.16. The van der Waals surface area contributed by atoms with Crippen molar-refractivity contribution >= 4 is 21.7 Å². The van der Waals surface area contributed by atoms with E-state index >= 15 is 0 Å². The van der Waals surface area contributed by atoms with Crippen LogP contribution in [0.25, 0.3) is 44.3 Å². The van der Waals surface area contributed by atoms with Crippen LogP contribution in [0.3, 0.4) is 0 Å². The summed E-state index contributed by atoms with van der Waals surface area (Å²) in [6.45, 7) is 11.1. The van der Waals surface area contributed by atoms with Crippen LogP contribution in [0, 0.1) is 13.8 Å². The normalized spacial score (nSPS) is 15.3. The SMILES string of the molecule is Cc1c(-c2c3oc(-c4ccc5c(c4)CCC(F)(F)C5)c(C)c3cc[n+]2C)cc(C(C)(C)C)c2ccccc12. The lowest BCUT2D eigenvalue weighted by Crippen LogP contribution is -2.30. The summed E-state index contributed by atoms with van der Waals surface area (Å²) in [6.07, 6.45) is 2.21. The van der Waals surface area contributed by atoms with Gasteiger partial charge in [-0.05, 0) is 70.8 Å². The molecule has 5 aromatic rings. The maximum absolute atomic E-state index is 14.0. The molecule has 0 unspecified atom stereocenters. The second kappa shape index (κ2) is 8.49. The predicted molar refractivity (Wildman–Crippen MR) is 151 cm³/mol. The largest absolute Gasteiger partial charge is 0.449 e. The van der Waals surface area contributed by atoms with Crippen molar-refractivity contribution < 1.29 is 17.8 Å². The second-order valence-corrected chi connectivity index (χ2v) is 12.0. The molecule has 0 atom stereocenters. The maximum atomic E-state index is 14.0. The lowest BCUT2D eigenvalue weighted by atomic mass is 9.80. The highest BCUT2D eigenvalue weighted by atomic mass is 19.3. The lowest BCUT2D eigenvalue weighted by molar-refractivity contribution is -0.659. The number of alkyl halides is 2. The van der Waals surface area contributed by atoms with E-state index in [1.807, 2.05) is 18.2 Å². The molecule has 194 valence electrons. The van der Waals surface area contributed by atoms with Gasteiger partial charge >= 0.3 is 0 Å². The van der Waals surface area contributed by atoms with E-state index in [1.165, 1.54) is 21.9 Å². The molecule has 0 fully saturated rings. The second-order valence-electron chi connectivity index (χ2n) is 12.0. The molecule has 2 nitrogen and oxygen atoms in total. The predicted octanol–water partition coefficient (Wildman–Crippen LogP) is 8.78. The summed E-state index contributed by atoms with van der Waals surface area (Å²) in [7, 11) is 2.07. The third kappa shape index (κ3) is 3.93. The number of halogens is 2. The highest BCUT2D eigenvalue weighted by Gasteiger charge is 2.34. The molecule has 0 spiro atoms. The van der Waals surface area contributed by atoms with Gasteiger partial charge < -0.3 is 4.42 Å². The number of hydrogen-bond acceptors (Lipinski definition) is 1. The van der Waals surface area contributed by atoms with Crippen LogP contribution >= 0.6 is 0 Å². The number of pyridine rings is 1. The molecule has 3 aromatic carbocycles. The molecule has 1 aliphatic rings. The minimum Gasteiger partial charge on any atom is -0.449 e. The molecule has 0 saturated carbocycles. The number of fused-ring (bicyclic) bond motifs is 3. The van der Waals surface area contributed by atoms with Gasteiger partial charge in [-0.15, -0.1) is 0 Å². The molecule has 2 aromatic heterocycles. The van der Waals surface area contributed by atoms with Crippen LogP contribution in [0.15, 0.2) is 65.2 Å². The highest BCUT2D eigenvalue weighted by Crippen LogP contribution is 2.42. The molecule has 4 heteroatoms. The Labute approximate surface area is 222 Å². The summed E-state index contributed by atoms with van der Waals surface area (Å²) in [4.78, 5) is 0. The number of nitrogens with zero attached hydrogens (tertiary/aromatic N) is 1. The molecule has 0 amide bonds. The summed E-state index contributed by atoms with van der Waals surface area (Å²) < 4.78 is 36.8. The molecule has 0 N–H and O–H groups in total. The van der Waals surface area contributed by atoms with Gasteiger partial charge in [0.05, 0.1) is 5.56 Å². The Bertz CT molecular complexity index is 1740. The van der Waals surface area contributed by atoms with Crippen LogP contribution in [-0.2, 0) is 25.3 Å². The van der Waals surface area contributed by atoms with Crippen molar-refractivity contribution in [1.29, 1.82) is 0 Å². The Kier molecular flexibility index (Phi) is 5.54. The van der Waals surface area contributed by atoms with Gasteiger partial charge in [-0.25, -0.2) is 8.78 Å². The van der Waals surface area contributed by atoms with Gasteiger partial charge in [-0.2, -0.15) is 4.57 Å². The molecule has 0 aliphatic heterocycles. The zero-order valence-electron chi connectivity index (χ0n) is 23.0. The number of hydrogen-bond donors (Lipinski definition) is 0.